The zero-order valence-electron chi connectivity index (χ0n) is 13.6. The molecule has 2 fully saturated rings. The van der Waals surface area contributed by atoms with E-state index in [1.807, 2.05) is 0 Å². The first-order valence-corrected chi connectivity index (χ1v) is 8.87. The largest absolute Gasteiger partial charge is 0.340 e. The molecule has 0 aromatic carbocycles. The maximum absolute atomic E-state index is 11.3. The summed E-state index contributed by atoms with van der Waals surface area (Å²) in [5.74, 6) is 0.0557. The highest BCUT2D eigenvalue weighted by Gasteiger charge is 2.47. The average Bonchev–Trinajstić information content (AvgIpc) is 3.24. The Bertz CT molecular complexity index is 719. The summed E-state index contributed by atoms with van der Waals surface area (Å²) in [6, 6.07) is 2.19. The van der Waals surface area contributed by atoms with Gasteiger partial charge in [-0.3, -0.25) is 14.9 Å². The number of halogens is 1. The van der Waals surface area contributed by atoms with Crippen molar-refractivity contribution in [3.8, 4) is 0 Å². The number of hydroxylamine groups is 1. The number of hydrogen-bond acceptors (Lipinski definition) is 7. The second kappa shape index (κ2) is 7.25. The van der Waals surface area contributed by atoms with Gasteiger partial charge in [-0.05, 0) is 28.8 Å². The SMILES string of the molecule is Cl.O=C(NO)c1cnc(N2CCC3(CN(Cc4ccsc4)C3)C2)nc1. The van der Waals surface area contributed by atoms with Crippen LogP contribution in [0.4, 0.5) is 5.95 Å². The molecule has 134 valence electrons. The zero-order chi connectivity index (χ0) is 16.6. The Balaban J connectivity index is 0.00000182. The molecule has 0 saturated carbocycles. The summed E-state index contributed by atoms with van der Waals surface area (Å²) in [6.45, 7) is 5.16. The van der Waals surface area contributed by atoms with Crippen LogP contribution in [0.15, 0.2) is 29.2 Å². The third-order valence-corrected chi connectivity index (χ3v) is 5.56. The van der Waals surface area contributed by atoms with Crippen LogP contribution in [0.3, 0.4) is 0 Å². The maximum atomic E-state index is 11.3. The summed E-state index contributed by atoms with van der Waals surface area (Å²) in [5.41, 5.74) is 3.58. The maximum Gasteiger partial charge on any atom is 0.277 e. The Hall–Kier alpha value is -1.74. The lowest BCUT2D eigenvalue weighted by atomic mass is 9.79. The highest BCUT2D eigenvalue weighted by Crippen LogP contribution is 2.41. The highest BCUT2D eigenvalue weighted by atomic mass is 35.5. The van der Waals surface area contributed by atoms with Crippen molar-refractivity contribution in [1.82, 2.24) is 20.3 Å². The van der Waals surface area contributed by atoms with Crippen LogP contribution in [0.25, 0.3) is 0 Å². The summed E-state index contributed by atoms with van der Waals surface area (Å²) in [4.78, 5) is 24.5. The van der Waals surface area contributed by atoms with Gasteiger partial charge in [0.2, 0.25) is 5.95 Å². The topological polar surface area (TPSA) is 81.6 Å². The van der Waals surface area contributed by atoms with Crippen LogP contribution in [0.2, 0.25) is 0 Å². The first-order chi connectivity index (χ1) is 11.7. The standard InChI is InChI=1S/C16H19N5O2S.ClH/c22-14(19-23)13-5-17-15(18-6-13)21-3-2-16(11-21)9-20(10-16)7-12-1-4-24-8-12;/h1,4-6,8,23H,2-3,7,9-11H2,(H,19,22);1H. The number of anilines is 1. The average molecular weight is 382 g/mol. The number of hydrogen-bond donors (Lipinski definition) is 2. The number of amides is 1. The van der Waals surface area contributed by atoms with E-state index in [2.05, 4.69) is 36.6 Å². The van der Waals surface area contributed by atoms with Gasteiger partial charge in [-0.1, -0.05) is 0 Å². The third kappa shape index (κ3) is 3.62. The molecule has 4 rings (SSSR count). The van der Waals surface area contributed by atoms with Crippen LogP contribution in [-0.4, -0.2) is 52.2 Å². The van der Waals surface area contributed by atoms with Gasteiger partial charge in [0.05, 0.1) is 5.56 Å². The fourth-order valence-electron chi connectivity index (χ4n) is 3.69. The van der Waals surface area contributed by atoms with E-state index < -0.39 is 5.91 Å². The summed E-state index contributed by atoms with van der Waals surface area (Å²) in [5, 5.41) is 13.0. The molecule has 4 heterocycles. The first kappa shape index (κ1) is 18.1. The van der Waals surface area contributed by atoms with Crippen molar-refractivity contribution in [2.24, 2.45) is 5.41 Å². The number of nitrogens with zero attached hydrogens (tertiary/aromatic N) is 4. The van der Waals surface area contributed by atoms with Crippen molar-refractivity contribution in [2.45, 2.75) is 13.0 Å². The Kier molecular flexibility index (Phi) is 5.24. The van der Waals surface area contributed by atoms with E-state index in [4.69, 9.17) is 5.21 Å². The number of rotatable bonds is 4. The van der Waals surface area contributed by atoms with Gasteiger partial charge < -0.3 is 4.90 Å². The molecule has 0 aliphatic carbocycles. The van der Waals surface area contributed by atoms with E-state index in [1.165, 1.54) is 18.0 Å². The number of likely N-dealkylation sites (tertiary alicyclic amines) is 1. The monoisotopic (exact) mass is 381 g/mol. The van der Waals surface area contributed by atoms with Crippen molar-refractivity contribution in [3.63, 3.8) is 0 Å². The molecular weight excluding hydrogens is 362 g/mol. The molecule has 0 radical (unpaired) electrons. The number of thiophene rings is 1. The normalized spacial score (nSPS) is 18.7. The van der Waals surface area contributed by atoms with Gasteiger partial charge in [-0.25, -0.2) is 15.4 Å². The molecule has 1 spiro atoms. The van der Waals surface area contributed by atoms with E-state index in [-0.39, 0.29) is 18.0 Å². The lowest BCUT2D eigenvalue weighted by Gasteiger charge is -2.48. The van der Waals surface area contributed by atoms with Crippen molar-refractivity contribution in [3.05, 3.63) is 40.3 Å². The molecule has 2 N–H and O–H groups in total. The van der Waals surface area contributed by atoms with Gasteiger partial charge in [0.15, 0.2) is 0 Å². The van der Waals surface area contributed by atoms with E-state index >= 15 is 0 Å². The lowest BCUT2D eigenvalue weighted by Crippen LogP contribution is -2.56. The molecular formula is C16H20ClN5O2S. The quantitative estimate of drug-likeness (QED) is 0.620. The molecule has 2 aromatic rings. The predicted molar refractivity (Wildman–Crippen MR) is 97.4 cm³/mol. The molecule has 2 aliphatic rings. The van der Waals surface area contributed by atoms with Crippen molar-refractivity contribution < 1.29 is 10.0 Å². The molecule has 1 amide bonds. The third-order valence-electron chi connectivity index (χ3n) is 4.83. The van der Waals surface area contributed by atoms with Crippen molar-refractivity contribution >= 4 is 35.6 Å². The van der Waals surface area contributed by atoms with Gasteiger partial charge >= 0.3 is 0 Å². The smallest absolute Gasteiger partial charge is 0.277 e. The minimum atomic E-state index is -0.595. The van der Waals surface area contributed by atoms with Gasteiger partial charge in [0.1, 0.15) is 0 Å². The highest BCUT2D eigenvalue weighted by molar-refractivity contribution is 7.07. The molecule has 7 nitrogen and oxygen atoms in total. The van der Waals surface area contributed by atoms with Crippen LogP contribution in [-0.2, 0) is 6.54 Å². The van der Waals surface area contributed by atoms with E-state index in [0.29, 0.717) is 11.4 Å². The Morgan fingerprint density at radius 3 is 2.72 bits per heavy atom. The van der Waals surface area contributed by atoms with Gasteiger partial charge in [0.25, 0.3) is 5.91 Å². The second-order valence-corrected chi connectivity index (χ2v) is 7.44. The van der Waals surface area contributed by atoms with Crippen LogP contribution < -0.4 is 10.4 Å². The predicted octanol–water partition coefficient (Wildman–Crippen LogP) is 1.79. The number of carbonyl (C=O) groups excluding carboxylic acids is 1. The zero-order valence-corrected chi connectivity index (χ0v) is 15.2. The van der Waals surface area contributed by atoms with Crippen molar-refractivity contribution in [2.75, 3.05) is 31.1 Å². The number of carbonyl (C=O) groups is 1. The molecule has 2 aromatic heterocycles. The Morgan fingerprint density at radius 2 is 2.08 bits per heavy atom. The second-order valence-electron chi connectivity index (χ2n) is 6.66. The van der Waals surface area contributed by atoms with Crippen LogP contribution >= 0.6 is 23.7 Å². The molecule has 25 heavy (non-hydrogen) atoms. The molecule has 2 saturated heterocycles. The van der Waals surface area contributed by atoms with Crippen LogP contribution in [0.1, 0.15) is 22.3 Å². The summed E-state index contributed by atoms with van der Waals surface area (Å²) >= 11 is 1.75. The minimum absolute atomic E-state index is 0. The fraction of sp³-hybridized carbons (Fsp3) is 0.438. The van der Waals surface area contributed by atoms with Crippen molar-refractivity contribution in [1.29, 1.82) is 0 Å². The molecule has 0 bridgehead atoms. The molecule has 2 aliphatic heterocycles. The fourth-order valence-corrected chi connectivity index (χ4v) is 4.35. The Labute approximate surface area is 156 Å². The van der Waals surface area contributed by atoms with Crippen LogP contribution in [0.5, 0.6) is 0 Å². The number of aromatic nitrogens is 2. The molecule has 0 atom stereocenters. The van der Waals surface area contributed by atoms with Gasteiger partial charge in [-0.2, -0.15) is 11.3 Å². The van der Waals surface area contributed by atoms with E-state index in [0.717, 1.165) is 39.1 Å². The summed E-state index contributed by atoms with van der Waals surface area (Å²) < 4.78 is 0. The molecule has 0 unspecified atom stereocenters. The molecule has 9 heteroatoms. The lowest BCUT2D eigenvalue weighted by molar-refractivity contribution is 0.0117. The first-order valence-electron chi connectivity index (χ1n) is 7.92. The van der Waals surface area contributed by atoms with Gasteiger partial charge in [-0.15, -0.1) is 12.4 Å². The van der Waals surface area contributed by atoms with Crippen LogP contribution in [0, 0.1) is 5.41 Å². The number of nitrogens with one attached hydrogen (secondary N) is 1. The Morgan fingerprint density at radius 1 is 1.32 bits per heavy atom. The minimum Gasteiger partial charge on any atom is -0.340 e. The van der Waals surface area contributed by atoms with E-state index in [1.54, 1.807) is 16.8 Å². The van der Waals surface area contributed by atoms with E-state index in [9.17, 15) is 4.79 Å². The summed E-state index contributed by atoms with van der Waals surface area (Å²) in [7, 11) is 0. The summed E-state index contributed by atoms with van der Waals surface area (Å²) in [6.07, 6.45) is 4.04. The van der Waals surface area contributed by atoms with Gasteiger partial charge in [0, 0.05) is 50.5 Å².